The van der Waals surface area contributed by atoms with Crippen LogP contribution in [0.2, 0.25) is 0 Å². The zero-order valence-corrected chi connectivity index (χ0v) is 14.0. The van der Waals surface area contributed by atoms with Gasteiger partial charge >= 0.3 is 7.12 Å². The summed E-state index contributed by atoms with van der Waals surface area (Å²) in [5.41, 5.74) is 2.62. The Labute approximate surface area is 132 Å². The van der Waals surface area contributed by atoms with E-state index in [9.17, 15) is 10.2 Å². The molecule has 0 atom stereocenters. The van der Waals surface area contributed by atoms with Gasteiger partial charge in [0.25, 0.3) is 0 Å². The van der Waals surface area contributed by atoms with Gasteiger partial charge in [-0.1, -0.05) is 24.3 Å². The van der Waals surface area contributed by atoms with Crippen LogP contribution in [0.15, 0.2) is 23.7 Å². The predicted octanol–water partition coefficient (Wildman–Crippen LogP) is 2.49. The maximum atomic E-state index is 9.73. The minimum Gasteiger partial charge on any atom is -0.400 e. The molecule has 120 valence electrons. The Morgan fingerprint density at radius 2 is 1.73 bits per heavy atom. The van der Waals surface area contributed by atoms with Gasteiger partial charge in [-0.05, 0) is 56.8 Å². The van der Waals surface area contributed by atoms with Crippen LogP contribution in [-0.4, -0.2) is 35.1 Å². The van der Waals surface area contributed by atoms with Gasteiger partial charge in [0.15, 0.2) is 0 Å². The van der Waals surface area contributed by atoms with Crippen molar-refractivity contribution < 1.29 is 19.5 Å². The van der Waals surface area contributed by atoms with Crippen molar-refractivity contribution in [2.45, 2.75) is 52.4 Å². The van der Waals surface area contributed by atoms with Crippen LogP contribution in [0.1, 0.15) is 44.4 Å². The van der Waals surface area contributed by atoms with Crippen LogP contribution in [0.4, 0.5) is 0 Å². The largest absolute Gasteiger partial charge is 0.492 e. The van der Waals surface area contributed by atoms with E-state index < -0.39 is 18.3 Å². The summed E-state index contributed by atoms with van der Waals surface area (Å²) < 4.78 is 12.0. The summed E-state index contributed by atoms with van der Waals surface area (Å²) in [7, 11) is -0.563. The molecule has 0 radical (unpaired) electrons. The van der Waals surface area contributed by atoms with E-state index in [1.165, 1.54) is 0 Å². The van der Waals surface area contributed by atoms with Crippen LogP contribution >= 0.6 is 0 Å². The van der Waals surface area contributed by atoms with Crippen LogP contribution < -0.4 is 0 Å². The predicted molar refractivity (Wildman–Crippen MR) is 88.2 cm³/mol. The molecule has 1 aliphatic rings. The molecule has 0 aromatic heterocycles. The molecule has 0 amide bonds. The molecule has 2 N–H and O–H groups in total. The van der Waals surface area contributed by atoms with Crippen molar-refractivity contribution in [3.8, 4) is 0 Å². The number of rotatable bonds is 4. The Morgan fingerprint density at radius 1 is 1.14 bits per heavy atom. The highest BCUT2D eigenvalue weighted by molar-refractivity contribution is 6.55. The molecule has 22 heavy (non-hydrogen) atoms. The molecule has 1 aromatic rings. The molecule has 2 rings (SSSR count). The van der Waals surface area contributed by atoms with Crippen molar-refractivity contribution in [3.05, 3.63) is 40.4 Å². The van der Waals surface area contributed by atoms with Crippen LogP contribution in [0.3, 0.4) is 0 Å². The first kappa shape index (κ1) is 17.2. The highest BCUT2D eigenvalue weighted by Gasteiger charge is 2.52. The Balaban J connectivity index is 2.34. The van der Waals surface area contributed by atoms with Gasteiger partial charge in [0.1, 0.15) is 0 Å². The van der Waals surface area contributed by atoms with Crippen molar-refractivity contribution in [2.24, 2.45) is 0 Å². The molecule has 0 spiro atoms. The van der Waals surface area contributed by atoms with Gasteiger partial charge in [-0.2, -0.15) is 0 Å². The Hall–Kier alpha value is -1.14. The molecule has 1 heterocycles. The Bertz CT molecular complexity index is 562. The van der Waals surface area contributed by atoms with E-state index >= 15 is 0 Å². The fourth-order valence-corrected chi connectivity index (χ4v) is 2.41. The smallest absolute Gasteiger partial charge is 0.400 e. The van der Waals surface area contributed by atoms with Crippen LogP contribution in [0.5, 0.6) is 0 Å². The number of aliphatic hydroxyl groups is 2. The maximum Gasteiger partial charge on any atom is 0.492 e. The lowest BCUT2D eigenvalue weighted by atomic mass is 9.77. The van der Waals surface area contributed by atoms with Gasteiger partial charge in [0.05, 0.1) is 24.4 Å². The molecular formula is C17H25BO4. The second-order valence-corrected chi connectivity index (χ2v) is 6.76. The first-order chi connectivity index (χ1) is 10.2. The summed E-state index contributed by atoms with van der Waals surface area (Å²) in [6.45, 7) is 9.76. The molecule has 0 aliphatic carbocycles. The molecule has 1 fully saturated rings. The van der Waals surface area contributed by atoms with Crippen molar-refractivity contribution >= 4 is 13.2 Å². The summed E-state index contributed by atoms with van der Waals surface area (Å²) in [6, 6.07) is 5.74. The number of benzene rings is 1. The number of aliphatic hydroxyl groups excluding tert-OH is 2. The zero-order valence-electron chi connectivity index (χ0n) is 14.0. The van der Waals surface area contributed by atoms with E-state index in [-0.39, 0.29) is 13.2 Å². The summed E-state index contributed by atoms with van der Waals surface area (Å²) >= 11 is 0. The van der Waals surface area contributed by atoms with Gasteiger partial charge < -0.3 is 19.5 Å². The third kappa shape index (κ3) is 3.13. The van der Waals surface area contributed by atoms with Gasteiger partial charge in [0, 0.05) is 0 Å². The molecule has 1 aliphatic heterocycles. The summed E-state index contributed by atoms with van der Waals surface area (Å²) in [5, 5.41) is 19.1. The molecule has 1 saturated heterocycles. The molecule has 4 nitrogen and oxygen atoms in total. The average Bonchev–Trinajstić information content (AvgIpc) is 2.66. The summed E-state index contributed by atoms with van der Waals surface area (Å²) in [6.07, 6.45) is 1.89. The highest BCUT2D eigenvalue weighted by atomic mass is 16.7. The van der Waals surface area contributed by atoms with Crippen molar-refractivity contribution in [2.75, 3.05) is 6.61 Å². The summed E-state index contributed by atoms with van der Waals surface area (Å²) in [4.78, 5) is 0. The molecule has 1 aromatic carbocycles. The average molecular weight is 304 g/mol. The number of hydrogen-bond donors (Lipinski definition) is 2. The van der Waals surface area contributed by atoms with E-state index in [4.69, 9.17) is 9.31 Å². The lowest BCUT2D eigenvalue weighted by molar-refractivity contribution is 0.00578. The van der Waals surface area contributed by atoms with E-state index in [1.807, 2.05) is 58.9 Å². The molecule has 5 heteroatoms. The minimum absolute atomic E-state index is 0.00153. The monoisotopic (exact) mass is 304 g/mol. The van der Waals surface area contributed by atoms with Crippen molar-refractivity contribution in [1.29, 1.82) is 0 Å². The highest BCUT2D eigenvalue weighted by Crippen LogP contribution is 2.38. The SMILES string of the molecule is Cc1c(C=C(CO)B2OC(C)(C)C(C)(C)O2)cccc1CO. The van der Waals surface area contributed by atoms with Crippen molar-refractivity contribution in [1.82, 2.24) is 0 Å². The standard InChI is InChI=1S/C17H25BO4/c1-12-13(7-6-8-14(12)10-19)9-15(11-20)18-21-16(2,3)17(4,5)22-18/h6-9,19-20H,10-11H2,1-5H3. The summed E-state index contributed by atoms with van der Waals surface area (Å²) in [5.74, 6) is 0. The Kier molecular flexibility index (Phi) is 4.83. The molecule has 0 saturated carbocycles. The number of hydrogen-bond acceptors (Lipinski definition) is 4. The van der Waals surface area contributed by atoms with E-state index in [0.717, 1.165) is 16.7 Å². The second kappa shape index (κ2) is 6.16. The normalized spacial score (nSPS) is 20.5. The van der Waals surface area contributed by atoms with Gasteiger partial charge in [0.2, 0.25) is 0 Å². The third-order valence-electron chi connectivity index (χ3n) is 4.74. The fourth-order valence-electron chi connectivity index (χ4n) is 2.41. The topological polar surface area (TPSA) is 58.9 Å². The van der Waals surface area contributed by atoms with Crippen LogP contribution in [-0.2, 0) is 15.9 Å². The third-order valence-corrected chi connectivity index (χ3v) is 4.74. The lowest BCUT2D eigenvalue weighted by Gasteiger charge is -2.32. The molecular weight excluding hydrogens is 279 g/mol. The fraction of sp³-hybridized carbons (Fsp3) is 0.529. The Morgan fingerprint density at radius 3 is 2.23 bits per heavy atom. The maximum absolute atomic E-state index is 9.73. The van der Waals surface area contributed by atoms with Gasteiger partial charge in [-0.15, -0.1) is 0 Å². The first-order valence-corrected chi connectivity index (χ1v) is 7.58. The van der Waals surface area contributed by atoms with Crippen LogP contribution in [0, 0.1) is 6.92 Å². The van der Waals surface area contributed by atoms with E-state index in [0.29, 0.717) is 5.47 Å². The molecule has 0 unspecified atom stereocenters. The lowest BCUT2D eigenvalue weighted by Crippen LogP contribution is -2.41. The minimum atomic E-state index is -0.563. The second-order valence-electron chi connectivity index (χ2n) is 6.76. The first-order valence-electron chi connectivity index (χ1n) is 7.58. The zero-order chi connectivity index (χ0) is 16.5. The van der Waals surface area contributed by atoms with Gasteiger partial charge in [-0.25, -0.2) is 0 Å². The van der Waals surface area contributed by atoms with Gasteiger partial charge in [-0.3, -0.25) is 0 Å². The van der Waals surface area contributed by atoms with E-state index in [1.54, 1.807) is 0 Å². The van der Waals surface area contributed by atoms with Crippen LogP contribution in [0.25, 0.3) is 6.08 Å². The quantitative estimate of drug-likeness (QED) is 0.839. The van der Waals surface area contributed by atoms with E-state index in [2.05, 4.69) is 0 Å². The molecule has 0 bridgehead atoms. The van der Waals surface area contributed by atoms with Crippen molar-refractivity contribution in [3.63, 3.8) is 0 Å².